The predicted molar refractivity (Wildman–Crippen MR) is 125 cm³/mol. The highest BCUT2D eigenvalue weighted by molar-refractivity contribution is 5.86. The van der Waals surface area contributed by atoms with E-state index in [1.807, 2.05) is 48.5 Å². The van der Waals surface area contributed by atoms with Crippen molar-refractivity contribution in [2.45, 2.75) is 50.1 Å². The van der Waals surface area contributed by atoms with Gasteiger partial charge in [-0.15, -0.1) is 0 Å². The zero-order chi connectivity index (χ0) is 24.1. The fraction of sp³-hybridized carbons (Fsp3) is 0.423. The van der Waals surface area contributed by atoms with Crippen molar-refractivity contribution in [1.29, 1.82) is 0 Å². The number of hydrogen-bond donors (Lipinski definition) is 4. The number of carbonyl (C=O) groups is 3. The summed E-state index contributed by atoms with van der Waals surface area (Å²) in [5.41, 5.74) is 4.39. The Morgan fingerprint density at radius 1 is 1.00 bits per heavy atom. The van der Waals surface area contributed by atoms with Gasteiger partial charge in [0.15, 0.2) is 0 Å². The monoisotopic (exact) mass is 466 g/mol. The van der Waals surface area contributed by atoms with Gasteiger partial charge < -0.3 is 25.6 Å². The molecule has 34 heavy (non-hydrogen) atoms. The van der Waals surface area contributed by atoms with Crippen molar-refractivity contribution in [2.24, 2.45) is 5.92 Å². The number of nitrogens with one attached hydrogen (secondary N) is 2. The highest BCUT2D eigenvalue weighted by atomic mass is 16.5. The molecule has 0 saturated heterocycles. The van der Waals surface area contributed by atoms with E-state index in [2.05, 4.69) is 10.6 Å². The van der Waals surface area contributed by atoms with Crippen LogP contribution in [-0.2, 0) is 14.3 Å². The predicted octanol–water partition coefficient (Wildman–Crippen LogP) is 3.04. The second-order valence-electron chi connectivity index (χ2n) is 9.02. The SMILES string of the molecule is O=C(O)CCC(NC(=O)OCC1c2ccccc2-c2ccccc21)C(=O)N[C@H]1CC[C@@H](CO)C1. The average Bonchev–Trinajstić information content (AvgIpc) is 3.42. The van der Waals surface area contributed by atoms with E-state index in [4.69, 9.17) is 9.84 Å². The number of carbonyl (C=O) groups excluding carboxylic acids is 2. The van der Waals surface area contributed by atoms with Gasteiger partial charge in [-0.3, -0.25) is 9.59 Å². The van der Waals surface area contributed by atoms with Crippen LogP contribution in [0.2, 0.25) is 0 Å². The Labute approximate surface area is 198 Å². The first-order chi connectivity index (χ1) is 16.5. The summed E-state index contributed by atoms with van der Waals surface area (Å²) in [4.78, 5) is 36.5. The van der Waals surface area contributed by atoms with Crippen LogP contribution in [0, 0.1) is 5.92 Å². The molecule has 0 aliphatic heterocycles. The molecule has 2 amide bonds. The number of ether oxygens (including phenoxy) is 1. The molecule has 2 aromatic rings. The van der Waals surface area contributed by atoms with Crippen LogP contribution in [0.15, 0.2) is 48.5 Å². The van der Waals surface area contributed by atoms with Crippen LogP contribution in [-0.4, -0.2) is 53.5 Å². The van der Waals surface area contributed by atoms with E-state index in [1.54, 1.807) is 0 Å². The van der Waals surface area contributed by atoms with Crippen molar-refractivity contribution >= 4 is 18.0 Å². The zero-order valence-electron chi connectivity index (χ0n) is 18.9. The molecule has 8 heteroatoms. The highest BCUT2D eigenvalue weighted by Crippen LogP contribution is 2.44. The Morgan fingerprint density at radius 2 is 1.65 bits per heavy atom. The van der Waals surface area contributed by atoms with Gasteiger partial charge in [-0.05, 0) is 53.9 Å². The molecule has 0 aromatic heterocycles. The summed E-state index contributed by atoms with van der Waals surface area (Å²) >= 11 is 0. The zero-order valence-corrected chi connectivity index (χ0v) is 18.9. The molecule has 2 aliphatic rings. The van der Waals surface area contributed by atoms with Gasteiger partial charge in [-0.1, -0.05) is 48.5 Å². The molecule has 4 N–H and O–H groups in total. The Bertz CT molecular complexity index is 1010. The molecular formula is C26H30N2O6. The van der Waals surface area contributed by atoms with Gasteiger partial charge in [0.1, 0.15) is 12.6 Å². The van der Waals surface area contributed by atoms with E-state index < -0.39 is 24.0 Å². The van der Waals surface area contributed by atoms with Crippen molar-refractivity contribution in [3.8, 4) is 11.1 Å². The maximum atomic E-state index is 12.8. The number of carboxylic acids is 1. The van der Waals surface area contributed by atoms with Gasteiger partial charge in [-0.2, -0.15) is 0 Å². The molecule has 0 spiro atoms. The minimum Gasteiger partial charge on any atom is -0.481 e. The van der Waals surface area contributed by atoms with E-state index >= 15 is 0 Å². The Hall–Kier alpha value is -3.39. The first-order valence-corrected chi connectivity index (χ1v) is 11.7. The number of aliphatic hydroxyl groups is 1. The van der Waals surface area contributed by atoms with Crippen molar-refractivity contribution in [3.63, 3.8) is 0 Å². The lowest BCUT2D eigenvalue weighted by Crippen LogP contribution is -2.49. The third-order valence-electron chi connectivity index (χ3n) is 6.74. The Kier molecular flexibility index (Phi) is 7.47. The van der Waals surface area contributed by atoms with Crippen LogP contribution in [0.5, 0.6) is 0 Å². The molecule has 1 unspecified atom stereocenters. The van der Waals surface area contributed by atoms with E-state index in [9.17, 15) is 19.5 Å². The number of fused-ring (bicyclic) bond motifs is 3. The minimum atomic E-state index is -1.05. The number of aliphatic carboxylic acids is 1. The van der Waals surface area contributed by atoms with Gasteiger partial charge in [-0.25, -0.2) is 4.79 Å². The summed E-state index contributed by atoms with van der Waals surface area (Å²) in [6.45, 7) is 0.181. The lowest BCUT2D eigenvalue weighted by molar-refractivity contribution is -0.137. The van der Waals surface area contributed by atoms with Crippen LogP contribution in [0.25, 0.3) is 11.1 Å². The molecule has 8 nitrogen and oxygen atoms in total. The molecule has 2 aliphatic carbocycles. The third-order valence-corrected chi connectivity index (χ3v) is 6.74. The normalized spacial score (nSPS) is 19.7. The summed E-state index contributed by atoms with van der Waals surface area (Å²) < 4.78 is 5.52. The van der Waals surface area contributed by atoms with E-state index in [1.165, 1.54) is 0 Å². The topological polar surface area (TPSA) is 125 Å². The number of rotatable bonds is 9. The summed E-state index contributed by atoms with van der Waals surface area (Å²) in [6.07, 6.45) is 1.17. The maximum Gasteiger partial charge on any atom is 0.407 e. The Balaban J connectivity index is 1.38. The fourth-order valence-corrected chi connectivity index (χ4v) is 4.99. The van der Waals surface area contributed by atoms with Crippen LogP contribution < -0.4 is 10.6 Å². The molecule has 1 fully saturated rings. The molecule has 4 rings (SSSR count). The molecule has 0 radical (unpaired) electrons. The molecule has 180 valence electrons. The molecular weight excluding hydrogens is 436 g/mol. The fourth-order valence-electron chi connectivity index (χ4n) is 4.99. The molecule has 3 atom stereocenters. The van der Waals surface area contributed by atoms with Crippen molar-refractivity contribution in [3.05, 3.63) is 59.7 Å². The number of alkyl carbamates (subject to hydrolysis) is 1. The van der Waals surface area contributed by atoms with Gasteiger partial charge in [0.25, 0.3) is 0 Å². The van der Waals surface area contributed by atoms with Gasteiger partial charge >= 0.3 is 12.1 Å². The standard InChI is InChI=1S/C26H30N2O6/c29-14-16-9-10-17(13-16)27-25(32)23(11-12-24(30)31)28-26(33)34-15-22-20-7-3-1-5-18(20)19-6-2-4-8-21(19)22/h1-8,16-17,22-23,29H,9-15H2,(H,27,32)(H,28,33)(H,30,31)/t16-,17+,23?/m1/s1. The van der Waals surface area contributed by atoms with Gasteiger partial charge in [0, 0.05) is 25.0 Å². The second-order valence-corrected chi connectivity index (χ2v) is 9.02. The van der Waals surface area contributed by atoms with Crippen molar-refractivity contribution in [1.82, 2.24) is 10.6 Å². The number of aliphatic hydroxyl groups excluding tert-OH is 1. The quantitative estimate of drug-likeness (QED) is 0.450. The number of benzene rings is 2. The molecule has 0 heterocycles. The summed E-state index contributed by atoms with van der Waals surface area (Å²) in [7, 11) is 0. The van der Waals surface area contributed by atoms with E-state index in [-0.39, 0.29) is 43.9 Å². The smallest absolute Gasteiger partial charge is 0.407 e. The lowest BCUT2D eigenvalue weighted by atomic mass is 9.98. The number of amides is 2. The third kappa shape index (κ3) is 5.39. The van der Waals surface area contributed by atoms with E-state index in [0.29, 0.717) is 6.42 Å². The lowest BCUT2D eigenvalue weighted by Gasteiger charge is -2.21. The maximum absolute atomic E-state index is 12.8. The van der Waals surface area contributed by atoms with Crippen molar-refractivity contribution in [2.75, 3.05) is 13.2 Å². The van der Waals surface area contributed by atoms with Crippen molar-refractivity contribution < 1.29 is 29.3 Å². The molecule has 2 aromatic carbocycles. The number of carboxylic acid groups (broad SMARTS) is 1. The van der Waals surface area contributed by atoms with Crippen LogP contribution in [0.1, 0.15) is 49.1 Å². The summed E-state index contributed by atoms with van der Waals surface area (Å²) in [6, 6.07) is 14.9. The molecule has 0 bridgehead atoms. The summed E-state index contributed by atoms with van der Waals surface area (Å²) in [5, 5.41) is 23.8. The first-order valence-electron chi connectivity index (χ1n) is 11.7. The van der Waals surface area contributed by atoms with Crippen LogP contribution in [0.4, 0.5) is 4.79 Å². The molecule has 1 saturated carbocycles. The van der Waals surface area contributed by atoms with Gasteiger partial charge in [0.2, 0.25) is 5.91 Å². The number of hydrogen-bond acceptors (Lipinski definition) is 5. The second kappa shape index (κ2) is 10.7. The highest BCUT2D eigenvalue weighted by Gasteiger charge is 2.31. The van der Waals surface area contributed by atoms with Crippen LogP contribution in [0.3, 0.4) is 0 Å². The average molecular weight is 467 g/mol. The summed E-state index contributed by atoms with van der Waals surface area (Å²) in [5.74, 6) is -1.44. The largest absolute Gasteiger partial charge is 0.481 e. The van der Waals surface area contributed by atoms with Crippen LogP contribution >= 0.6 is 0 Å². The Morgan fingerprint density at radius 3 is 2.24 bits per heavy atom. The van der Waals surface area contributed by atoms with Gasteiger partial charge in [0.05, 0.1) is 0 Å². The minimum absolute atomic E-state index is 0.0402. The van der Waals surface area contributed by atoms with E-state index in [0.717, 1.165) is 35.1 Å². The first kappa shape index (κ1) is 23.8.